The molecular formula is C11H7BrClNO2S2. The van der Waals surface area contributed by atoms with E-state index in [0.717, 1.165) is 0 Å². The number of halogens is 2. The van der Waals surface area contributed by atoms with Crippen LogP contribution in [0.25, 0.3) is 6.08 Å². The molecule has 1 heterocycles. The minimum Gasteiger partial charge on any atom is -0.506 e. The van der Waals surface area contributed by atoms with Crippen LogP contribution >= 0.6 is 51.5 Å². The van der Waals surface area contributed by atoms with E-state index in [1.807, 2.05) is 0 Å². The van der Waals surface area contributed by atoms with E-state index in [9.17, 15) is 9.90 Å². The maximum atomic E-state index is 11.8. The topological polar surface area (TPSA) is 40.5 Å². The van der Waals surface area contributed by atoms with Gasteiger partial charge in [0.2, 0.25) is 0 Å². The van der Waals surface area contributed by atoms with Gasteiger partial charge in [-0.25, -0.2) is 0 Å². The van der Waals surface area contributed by atoms with Crippen molar-refractivity contribution in [2.45, 2.75) is 0 Å². The van der Waals surface area contributed by atoms with E-state index in [1.165, 1.54) is 16.7 Å². The Bertz CT molecular complexity index is 589. The van der Waals surface area contributed by atoms with Gasteiger partial charge in [0.15, 0.2) is 0 Å². The van der Waals surface area contributed by atoms with Crippen molar-refractivity contribution in [1.82, 2.24) is 4.90 Å². The van der Waals surface area contributed by atoms with Crippen LogP contribution in [0, 0.1) is 0 Å². The van der Waals surface area contributed by atoms with Gasteiger partial charge in [-0.15, -0.1) is 0 Å². The normalized spacial score (nSPS) is 17.9. The zero-order valence-electron chi connectivity index (χ0n) is 9.11. The van der Waals surface area contributed by atoms with Crippen LogP contribution in [0.1, 0.15) is 5.56 Å². The van der Waals surface area contributed by atoms with Crippen molar-refractivity contribution in [1.29, 1.82) is 0 Å². The minimum absolute atomic E-state index is 0.0424. The number of amides is 1. The second-order valence-corrected chi connectivity index (χ2v) is 6.53. The summed E-state index contributed by atoms with van der Waals surface area (Å²) in [6.07, 6.45) is 1.58. The molecule has 0 atom stereocenters. The first-order valence-corrected chi connectivity index (χ1v) is 7.19. The Hall–Kier alpha value is -0.560. The first-order chi connectivity index (χ1) is 8.40. The van der Waals surface area contributed by atoms with Crippen LogP contribution < -0.4 is 0 Å². The molecule has 2 rings (SSSR count). The van der Waals surface area contributed by atoms with E-state index in [4.69, 9.17) is 23.8 Å². The average Bonchev–Trinajstić information content (AvgIpc) is 2.53. The Morgan fingerprint density at radius 1 is 1.56 bits per heavy atom. The molecule has 1 aromatic rings. The molecule has 94 valence electrons. The predicted molar refractivity (Wildman–Crippen MR) is 81.8 cm³/mol. The lowest BCUT2D eigenvalue weighted by molar-refractivity contribution is -0.121. The fraction of sp³-hybridized carbons (Fsp3) is 0.0909. The van der Waals surface area contributed by atoms with Crippen molar-refractivity contribution in [2.24, 2.45) is 0 Å². The molecule has 1 saturated heterocycles. The number of thiocarbonyl (C=S) groups is 1. The number of carbonyl (C=O) groups excluding carboxylic acids is 1. The van der Waals surface area contributed by atoms with Gasteiger partial charge in [-0.2, -0.15) is 0 Å². The van der Waals surface area contributed by atoms with Crippen molar-refractivity contribution in [3.63, 3.8) is 0 Å². The molecule has 0 saturated carbocycles. The van der Waals surface area contributed by atoms with Crippen molar-refractivity contribution in [3.05, 3.63) is 32.1 Å². The molecule has 3 nitrogen and oxygen atoms in total. The van der Waals surface area contributed by atoms with Crippen LogP contribution in [0.5, 0.6) is 5.75 Å². The van der Waals surface area contributed by atoms with Gasteiger partial charge in [-0.1, -0.05) is 35.6 Å². The number of nitrogens with zero attached hydrogens (tertiary/aromatic N) is 1. The summed E-state index contributed by atoms with van der Waals surface area (Å²) in [7, 11) is 1.62. The first kappa shape index (κ1) is 13.9. The van der Waals surface area contributed by atoms with Crippen LogP contribution in [-0.2, 0) is 4.79 Å². The Kier molecular flexibility index (Phi) is 4.01. The van der Waals surface area contributed by atoms with Gasteiger partial charge in [0.1, 0.15) is 10.1 Å². The van der Waals surface area contributed by atoms with Crippen molar-refractivity contribution in [3.8, 4) is 5.75 Å². The van der Waals surface area contributed by atoms with Crippen LogP contribution in [0.3, 0.4) is 0 Å². The van der Waals surface area contributed by atoms with Crippen LogP contribution in [-0.4, -0.2) is 27.3 Å². The molecule has 1 aromatic carbocycles. The standard InChI is InChI=1S/C11H7BrClNO2S2/c1-14-10(16)8(18-11(14)17)3-5-2-6(13)4-7(12)9(5)15/h2-4,15H,1H3. The summed E-state index contributed by atoms with van der Waals surface area (Å²) >= 11 is 15.3. The Morgan fingerprint density at radius 3 is 2.78 bits per heavy atom. The lowest BCUT2D eigenvalue weighted by Crippen LogP contribution is -2.22. The summed E-state index contributed by atoms with van der Waals surface area (Å²) < 4.78 is 0.972. The first-order valence-electron chi connectivity index (χ1n) is 4.79. The molecule has 7 heteroatoms. The second kappa shape index (κ2) is 5.21. The summed E-state index contributed by atoms with van der Waals surface area (Å²) in [5, 5.41) is 10.4. The summed E-state index contributed by atoms with van der Waals surface area (Å²) in [6.45, 7) is 0. The Balaban J connectivity index is 2.46. The molecule has 1 amide bonds. The monoisotopic (exact) mass is 363 g/mol. The third-order valence-electron chi connectivity index (χ3n) is 2.33. The highest BCUT2D eigenvalue weighted by molar-refractivity contribution is 9.10. The number of phenols is 1. The maximum Gasteiger partial charge on any atom is 0.265 e. The molecule has 1 fully saturated rings. The highest BCUT2D eigenvalue weighted by atomic mass is 79.9. The average molecular weight is 365 g/mol. The van der Waals surface area contributed by atoms with Gasteiger partial charge in [0, 0.05) is 17.6 Å². The largest absolute Gasteiger partial charge is 0.506 e. The Morgan fingerprint density at radius 2 is 2.22 bits per heavy atom. The fourth-order valence-corrected chi connectivity index (χ4v) is 3.39. The van der Waals surface area contributed by atoms with E-state index in [0.29, 0.717) is 24.3 Å². The van der Waals surface area contributed by atoms with Crippen LogP contribution in [0.4, 0.5) is 0 Å². The zero-order chi connectivity index (χ0) is 13.4. The molecule has 0 aromatic heterocycles. The second-order valence-electron chi connectivity index (χ2n) is 3.57. The molecule has 0 unspecified atom stereocenters. The number of thioether (sulfide) groups is 1. The molecule has 0 spiro atoms. The fourth-order valence-electron chi connectivity index (χ4n) is 1.38. The van der Waals surface area contributed by atoms with E-state index in [2.05, 4.69) is 15.9 Å². The van der Waals surface area contributed by atoms with Gasteiger partial charge in [0.05, 0.1) is 9.38 Å². The summed E-state index contributed by atoms with van der Waals surface area (Å²) in [5.41, 5.74) is 0.475. The van der Waals surface area contributed by atoms with Gasteiger partial charge in [-0.3, -0.25) is 9.69 Å². The van der Waals surface area contributed by atoms with E-state index >= 15 is 0 Å². The number of likely N-dealkylation sites (N-methyl/N-ethyl adjacent to an activating group) is 1. The van der Waals surface area contributed by atoms with Crippen molar-refractivity contribution in [2.75, 3.05) is 7.05 Å². The van der Waals surface area contributed by atoms with Crippen LogP contribution in [0.15, 0.2) is 21.5 Å². The number of carbonyl (C=O) groups is 1. The number of benzene rings is 1. The quantitative estimate of drug-likeness (QED) is 0.610. The number of hydrogen-bond acceptors (Lipinski definition) is 4. The highest BCUT2D eigenvalue weighted by Crippen LogP contribution is 2.36. The lowest BCUT2D eigenvalue weighted by atomic mass is 10.2. The summed E-state index contributed by atoms with van der Waals surface area (Å²) in [5.74, 6) is -0.138. The molecule has 0 aliphatic carbocycles. The molecule has 1 aliphatic rings. The van der Waals surface area contributed by atoms with Crippen molar-refractivity contribution < 1.29 is 9.90 Å². The third kappa shape index (κ3) is 2.56. The number of phenolic OH excluding ortho intramolecular Hbond substituents is 1. The van der Waals surface area contributed by atoms with Gasteiger partial charge in [-0.05, 0) is 34.1 Å². The predicted octanol–water partition coefficient (Wildman–Crippen LogP) is 3.64. The summed E-state index contributed by atoms with van der Waals surface area (Å²) in [4.78, 5) is 13.7. The Labute approximate surface area is 127 Å². The number of aromatic hydroxyl groups is 1. The van der Waals surface area contributed by atoms with Gasteiger partial charge >= 0.3 is 0 Å². The SMILES string of the molecule is CN1C(=O)C(=Cc2cc(Cl)cc(Br)c2O)SC1=S. The number of rotatable bonds is 1. The molecule has 1 N–H and O–H groups in total. The molecule has 0 bridgehead atoms. The molecule has 0 radical (unpaired) electrons. The third-order valence-corrected chi connectivity index (χ3v) is 4.64. The highest BCUT2D eigenvalue weighted by Gasteiger charge is 2.29. The summed E-state index contributed by atoms with van der Waals surface area (Å²) in [6, 6.07) is 3.17. The molecular weight excluding hydrogens is 358 g/mol. The van der Waals surface area contributed by atoms with Crippen molar-refractivity contribution >= 4 is 67.8 Å². The van der Waals surface area contributed by atoms with Gasteiger partial charge in [0.25, 0.3) is 5.91 Å². The lowest BCUT2D eigenvalue weighted by Gasteiger charge is -2.05. The zero-order valence-corrected chi connectivity index (χ0v) is 13.1. The van der Waals surface area contributed by atoms with E-state index in [1.54, 1.807) is 25.3 Å². The minimum atomic E-state index is -0.180. The number of hydrogen-bond donors (Lipinski definition) is 1. The maximum absolute atomic E-state index is 11.8. The molecule has 1 aliphatic heterocycles. The van der Waals surface area contributed by atoms with E-state index < -0.39 is 0 Å². The van der Waals surface area contributed by atoms with E-state index in [-0.39, 0.29) is 11.7 Å². The molecule has 18 heavy (non-hydrogen) atoms. The van der Waals surface area contributed by atoms with Crippen LogP contribution in [0.2, 0.25) is 5.02 Å². The van der Waals surface area contributed by atoms with Gasteiger partial charge < -0.3 is 5.11 Å². The smallest absolute Gasteiger partial charge is 0.265 e.